The fourth-order valence-corrected chi connectivity index (χ4v) is 3.19. The molecule has 0 radical (unpaired) electrons. The van der Waals surface area contributed by atoms with Crippen LogP contribution in [0.3, 0.4) is 0 Å². The summed E-state index contributed by atoms with van der Waals surface area (Å²) in [5.74, 6) is -0.0398. The lowest BCUT2D eigenvalue weighted by Gasteiger charge is -2.07. The van der Waals surface area contributed by atoms with Gasteiger partial charge in [0, 0.05) is 29.2 Å². The fourth-order valence-electron chi connectivity index (χ4n) is 2.54. The molecule has 1 N–H and O–H groups in total. The Kier molecular flexibility index (Phi) is 4.57. The summed E-state index contributed by atoms with van der Waals surface area (Å²) in [7, 11) is 0. The van der Waals surface area contributed by atoms with Crippen molar-refractivity contribution >= 4 is 17.2 Å². The number of hydrogen-bond donors (Lipinski definition) is 1. The van der Waals surface area contributed by atoms with Gasteiger partial charge < -0.3 is 5.32 Å². The van der Waals surface area contributed by atoms with Crippen molar-refractivity contribution in [1.82, 2.24) is 15.1 Å². The Morgan fingerprint density at radius 1 is 1.22 bits per heavy atom. The highest BCUT2D eigenvalue weighted by molar-refractivity contribution is 7.08. The molecule has 3 aromatic rings. The number of nitrogens with one attached hydrogen (secondary N) is 1. The summed E-state index contributed by atoms with van der Waals surface area (Å²) in [5.41, 5.74) is 5.01. The van der Waals surface area contributed by atoms with Gasteiger partial charge in [-0.15, -0.1) is 0 Å². The van der Waals surface area contributed by atoms with E-state index >= 15 is 0 Å². The first-order valence-corrected chi connectivity index (χ1v) is 8.48. The van der Waals surface area contributed by atoms with E-state index in [9.17, 15) is 4.79 Å². The minimum atomic E-state index is -0.0398. The molecule has 5 heteroatoms. The standard InChI is InChI=1S/C18H19N3OS/c1-13-9-14(2)11-16(10-13)18(22)19-5-7-21-6-3-17(20-21)15-4-8-23-12-15/h3-4,6,8-12H,5,7H2,1-2H3,(H,19,22). The van der Waals surface area contributed by atoms with Crippen LogP contribution < -0.4 is 5.32 Å². The molecule has 118 valence electrons. The molecule has 0 unspecified atom stereocenters. The lowest BCUT2D eigenvalue weighted by molar-refractivity contribution is 0.0952. The number of rotatable bonds is 5. The molecular weight excluding hydrogens is 306 g/mol. The monoisotopic (exact) mass is 325 g/mol. The third kappa shape index (κ3) is 3.87. The van der Waals surface area contributed by atoms with Gasteiger partial charge in [-0.2, -0.15) is 16.4 Å². The maximum atomic E-state index is 12.2. The van der Waals surface area contributed by atoms with E-state index in [0.717, 1.165) is 22.4 Å². The molecule has 1 aromatic carbocycles. The maximum absolute atomic E-state index is 12.2. The first kappa shape index (κ1) is 15.5. The Morgan fingerprint density at radius 2 is 2.00 bits per heavy atom. The predicted octanol–water partition coefficient (Wildman–Crippen LogP) is 3.66. The van der Waals surface area contributed by atoms with Gasteiger partial charge in [0.15, 0.2) is 0 Å². The van der Waals surface area contributed by atoms with Crippen LogP contribution in [0.15, 0.2) is 47.3 Å². The number of hydrogen-bond acceptors (Lipinski definition) is 3. The van der Waals surface area contributed by atoms with Crippen LogP contribution in [0.1, 0.15) is 21.5 Å². The van der Waals surface area contributed by atoms with Crippen molar-refractivity contribution in [2.24, 2.45) is 0 Å². The second kappa shape index (κ2) is 6.79. The highest BCUT2D eigenvalue weighted by Gasteiger charge is 2.07. The normalized spacial score (nSPS) is 10.7. The molecule has 0 aliphatic heterocycles. The topological polar surface area (TPSA) is 46.9 Å². The minimum Gasteiger partial charge on any atom is -0.350 e. The molecule has 4 nitrogen and oxygen atoms in total. The number of aromatic nitrogens is 2. The van der Waals surface area contributed by atoms with Crippen molar-refractivity contribution < 1.29 is 4.79 Å². The van der Waals surface area contributed by atoms with Gasteiger partial charge in [-0.05, 0) is 43.5 Å². The van der Waals surface area contributed by atoms with E-state index < -0.39 is 0 Å². The van der Waals surface area contributed by atoms with Gasteiger partial charge in [-0.1, -0.05) is 17.2 Å². The molecule has 0 spiro atoms. The van der Waals surface area contributed by atoms with E-state index in [1.54, 1.807) is 11.3 Å². The van der Waals surface area contributed by atoms with Crippen molar-refractivity contribution in [2.45, 2.75) is 20.4 Å². The smallest absolute Gasteiger partial charge is 0.251 e. The average molecular weight is 325 g/mol. The van der Waals surface area contributed by atoms with Crippen LogP contribution in [0, 0.1) is 13.8 Å². The summed E-state index contributed by atoms with van der Waals surface area (Å²) >= 11 is 1.66. The Bertz CT molecular complexity index is 785. The molecule has 1 amide bonds. The number of aryl methyl sites for hydroxylation is 2. The molecule has 2 heterocycles. The van der Waals surface area contributed by atoms with E-state index in [2.05, 4.69) is 27.9 Å². The summed E-state index contributed by atoms with van der Waals surface area (Å²) in [6.07, 6.45) is 1.94. The summed E-state index contributed by atoms with van der Waals surface area (Å²) in [6.45, 7) is 5.20. The number of carbonyl (C=O) groups excluding carboxylic acids is 1. The molecule has 0 fully saturated rings. The highest BCUT2D eigenvalue weighted by Crippen LogP contribution is 2.19. The zero-order valence-electron chi connectivity index (χ0n) is 13.2. The predicted molar refractivity (Wildman–Crippen MR) is 93.8 cm³/mol. The number of thiophene rings is 1. The molecule has 23 heavy (non-hydrogen) atoms. The molecule has 0 atom stereocenters. The van der Waals surface area contributed by atoms with E-state index in [0.29, 0.717) is 18.7 Å². The van der Waals surface area contributed by atoms with E-state index in [1.165, 1.54) is 0 Å². The van der Waals surface area contributed by atoms with Gasteiger partial charge in [0.2, 0.25) is 0 Å². The maximum Gasteiger partial charge on any atom is 0.251 e. The molecule has 0 aliphatic rings. The Labute approximate surface area is 139 Å². The third-order valence-corrected chi connectivity index (χ3v) is 4.25. The lowest BCUT2D eigenvalue weighted by Crippen LogP contribution is -2.27. The average Bonchev–Trinajstić information content (AvgIpc) is 3.17. The van der Waals surface area contributed by atoms with Gasteiger partial charge in [-0.3, -0.25) is 9.48 Å². The van der Waals surface area contributed by atoms with Crippen LogP contribution in [0.5, 0.6) is 0 Å². The summed E-state index contributed by atoms with van der Waals surface area (Å²) in [4.78, 5) is 12.2. The van der Waals surface area contributed by atoms with Crippen molar-refractivity contribution in [3.05, 3.63) is 64.0 Å². The Hall–Kier alpha value is -2.40. The molecular formula is C18H19N3OS. The zero-order chi connectivity index (χ0) is 16.2. The molecule has 0 saturated carbocycles. The lowest BCUT2D eigenvalue weighted by atomic mass is 10.1. The first-order valence-electron chi connectivity index (χ1n) is 7.54. The first-order chi connectivity index (χ1) is 11.1. The molecule has 2 aromatic heterocycles. The minimum absolute atomic E-state index is 0.0398. The summed E-state index contributed by atoms with van der Waals surface area (Å²) in [5, 5.41) is 11.6. The second-order valence-corrected chi connectivity index (χ2v) is 6.39. The molecule has 0 aliphatic carbocycles. The SMILES string of the molecule is Cc1cc(C)cc(C(=O)NCCn2ccc(-c3ccsc3)n2)c1. The van der Waals surface area contributed by atoms with Crippen LogP contribution in [-0.2, 0) is 6.54 Å². The number of benzene rings is 1. The summed E-state index contributed by atoms with van der Waals surface area (Å²) in [6, 6.07) is 9.93. The van der Waals surface area contributed by atoms with E-state index in [1.807, 2.05) is 48.3 Å². The summed E-state index contributed by atoms with van der Waals surface area (Å²) < 4.78 is 1.86. The Balaban J connectivity index is 1.56. The quantitative estimate of drug-likeness (QED) is 0.778. The Morgan fingerprint density at radius 3 is 2.70 bits per heavy atom. The largest absolute Gasteiger partial charge is 0.350 e. The number of carbonyl (C=O) groups is 1. The van der Waals surface area contributed by atoms with Crippen LogP contribution in [0.25, 0.3) is 11.3 Å². The van der Waals surface area contributed by atoms with Crippen molar-refractivity contribution in [3.63, 3.8) is 0 Å². The molecule has 0 saturated heterocycles. The highest BCUT2D eigenvalue weighted by atomic mass is 32.1. The number of amides is 1. The van der Waals surface area contributed by atoms with Gasteiger partial charge in [0.1, 0.15) is 0 Å². The second-order valence-electron chi connectivity index (χ2n) is 5.61. The van der Waals surface area contributed by atoms with Crippen LogP contribution in [0.4, 0.5) is 0 Å². The third-order valence-electron chi connectivity index (χ3n) is 3.57. The van der Waals surface area contributed by atoms with Crippen molar-refractivity contribution in [3.8, 4) is 11.3 Å². The van der Waals surface area contributed by atoms with Crippen molar-refractivity contribution in [1.29, 1.82) is 0 Å². The van der Waals surface area contributed by atoms with E-state index in [4.69, 9.17) is 0 Å². The number of nitrogens with zero attached hydrogens (tertiary/aromatic N) is 2. The molecule has 3 rings (SSSR count). The van der Waals surface area contributed by atoms with Gasteiger partial charge in [-0.25, -0.2) is 0 Å². The van der Waals surface area contributed by atoms with Crippen LogP contribution in [-0.4, -0.2) is 22.2 Å². The van der Waals surface area contributed by atoms with Gasteiger partial charge in [0.05, 0.1) is 12.2 Å². The molecule has 0 bridgehead atoms. The van der Waals surface area contributed by atoms with Crippen LogP contribution in [0.2, 0.25) is 0 Å². The van der Waals surface area contributed by atoms with Crippen LogP contribution >= 0.6 is 11.3 Å². The fraction of sp³-hybridized carbons (Fsp3) is 0.222. The van der Waals surface area contributed by atoms with Crippen molar-refractivity contribution in [2.75, 3.05) is 6.54 Å². The van der Waals surface area contributed by atoms with E-state index in [-0.39, 0.29) is 5.91 Å². The van der Waals surface area contributed by atoms with Gasteiger partial charge >= 0.3 is 0 Å². The van der Waals surface area contributed by atoms with Gasteiger partial charge in [0.25, 0.3) is 5.91 Å². The zero-order valence-corrected chi connectivity index (χ0v) is 14.1.